The Bertz CT molecular complexity index is 3110. The molecule has 3 heterocycles. The minimum absolute atomic E-state index is 1.16. The van der Waals surface area contributed by atoms with Crippen LogP contribution in [0.4, 0.5) is 0 Å². The van der Waals surface area contributed by atoms with Crippen molar-refractivity contribution >= 4 is 75.1 Å². The van der Waals surface area contributed by atoms with Crippen LogP contribution < -0.4 is 0 Å². The van der Waals surface area contributed by atoms with Gasteiger partial charge in [-0.2, -0.15) is 0 Å². The zero-order chi connectivity index (χ0) is 33.5. The third-order valence-electron chi connectivity index (χ3n) is 10.5. The van der Waals surface area contributed by atoms with Crippen LogP contribution in [-0.4, -0.2) is 9.13 Å². The Hall–Kier alpha value is -6.42. The minimum Gasteiger partial charge on any atom is -0.309 e. The van der Waals surface area contributed by atoms with Crippen LogP contribution in [-0.2, 0) is 0 Å². The van der Waals surface area contributed by atoms with Gasteiger partial charge < -0.3 is 9.13 Å². The second kappa shape index (κ2) is 11.0. The molecule has 0 aliphatic rings. The van der Waals surface area contributed by atoms with Gasteiger partial charge in [0.15, 0.2) is 0 Å². The topological polar surface area (TPSA) is 9.86 Å². The maximum atomic E-state index is 2.47. The van der Waals surface area contributed by atoms with Gasteiger partial charge in [0.2, 0.25) is 0 Å². The van der Waals surface area contributed by atoms with E-state index >= 15 is 0 Å². The van der Waals surface area contributed by atoms with Crippen LogP contribution in [0.15, 0.2) is 182 Å². The Balaban J connectivity index is 1.11. The van der Waals surface area contributed by atoms with Crippen molar-refractivity contribution in [2.24, 2.45) is 0 Å². The second-order valence-electron chi connectivity index (χ2n) is 13.3. The third kappa shape index (κ3) is 4.29. The molecular weight excluding hydrogens is 637 g/mol. The highest BCUT2D eigenvalue weighted by atomic mass is 32.1. The Kier molecular flexibility index (Phi) is 6.16. The SMILES string of the molecule is c1ccc(-c2ccc(-n3c4ccccc4c4cc(-c5ccc6c(c5)c5ccc7sc8ccccc8c7c5n6-c5ccccc5)ccc43)cc2)cc1. The van der Waals surface area contributed by atoms with Crippen LogP contribution in [0.3, 0.4) is 0 Å². The highest BCUT2D eigenvalue weighted by molar-refractivity contribution is 7.26. The van der Waals surface area contributed by atoms with Gasteiger partial charge in [0.05, 0.1) is 22.1 Å². The molecule has 0 amide bonds. The molecule has 0 radical (unpaired) electrons. The van der Waals surface area contributed by atoms with E-state index in [0.29, 0.717) is 0 Å². The summed E-state index contributed by atoms with van der Waals surface area (Å²) in [7, 11) is 0. The number of para-hydroxylation sites is 2. The van der Waals surface area contributed by atoms with Crippen molar-refractivity contribution in [1.29, 1.82) is 0 Å². The number of nitrogens with zero attached hydrogens (tertiary/aromatic N) is 2. The Morgan fingerprint density at radius 2 is 0.863 bits per heavy atom. The highest BCUT2D eigenvalue weighted by Gasteiger charge is 2.19. The van der Waals surface area contributed by atoms with Crippen molar-refractivity contribution in [3.05, 3.63) is 182 Å². The van der Waals surface area contributed by atoms with Crippen molar-refractivity contribution in [1.82, 2.24) is 9.13 Å². The summed E-state index contributed by atoms with van der Waals surface area (Å²) < 4.78 is 7.51. The van der Waals surface area contributed by atoms with Gasteiger partial charge in [0.1, 0.15) is 0 Å². The van der Waals surface area contributed by atoms with E-state index in [1.54, 1.807) is 0 Å². The Morgan fingerprint density at radius 1 is 0.314 bits per heavy atom. The number of rotatable bonds is 4. The van der Waals surface area contributed by atoms with Crippen LogP contribution in [0.25, 0.3) is 97.4 Å². The summed E-state index contributed by atoms with van der Waals surface area (Å²) in [5, 5.41) is 7.72. The van der Waals surface area contributed by atoms with Crippen LogP contribution in [0, 0.1) is 0 Å². The van der Waals surface area contributed by atoms with Crippen molar-refractivity contribution in [2.75, 3.05) is 0 Å². The standard InChI is InChI=1S/C48H30N2S/c1-3-11-31(12-4-1)32-19-23-36(24-20-32)49-42-17-9-7-15-37(42)40-29-33(21-26-43(40)49)34-22-27-44-41(30-34)38-25-28-46-47(39-16-8-10-18-45(39)51-46)48(38)50(44)35-13-5-2-6-14-35/h1-30H. The molecule has 0 unspecified atom stereocenters. The van der Waals surface area contributed by atoms with Crippen molar-refractivity contribution in [2.45, 2.75) is 0 Å². The van der Waals surface area contributed by atoms with Crippen molar-refractivity contribution in [3.8, 4) is 33.6 Å². The van der Waals surface area contributed by atoms with E-state index in [1.807, 2.05) is 11.3 Å². The van der Waals surface area contributed by atoms with E-state index in [4.69, 9.17) is 0 Å². The third-order valence-corrected chi connectivity index (χ3v) is 11.7. The predicted octanol–water partition coefficient (Wildman–Crippen LogP) is 13.6. The first-order chi connectivity index (χ1) is 25.3. The number of hydrogen-bond acceptors (Lipinski definition) is 1. The number of hydrogen-bond donors (Lipinski definition) is 0. The van der Waals surface area contributed by atoms with Crippen LogP contribution in [0.5, 0.6) is 0 Å². The summed E-state index contributed by atoms with van der Waals surface area (Å²) in [6, 6.07) is 66.6. The number of aromatic nitrogens is 2. The van der Waals surface area contributed by atoms with Gasteiger partial charge in [-0.05, 0) is 89.0 Å². The number of benzene rings is 8. The van der Waals surface area contributed by atoms with E-state index in [9.17, 15) is 0 Å². The molecule has 238 valence electrons. The maximum absolute atomic E-state index is 2.47. The number of thiophene rings is 1. The Morgan fingerprint density at radius 3 is 1.63 bits per heavy atom. The van der Waals surface area contributed by atoms with E-state index in [1.165, 1.54) is 91.7 Å². The fourth-order valence-corrected chi connectivity index (χ4v) is 9.31. The molecule has 11 rings (SSSR count). The molecule has 2 nitrogen and oxygen atoms in total. The van der Waals surface area contributed by atoms with Gasteiger partial charge in [-0.1, -0.05) is 115 Å². The van der Waals surface area contributed by atoms with Crippen LogP contribution >= 0.6 is 11.3 Å². The van der Waals surface area contributed by atoms with Gasteiger partial charge in [0.25, 0.3) is 0 Å². The largest absolute Gasteiger partial charge is 0.309 e. The van der Waals surface area contributed by atoms with Gasteiger partial charge in [-0.15, -0.1) is 11.3 Å². The zero-order valence-corrected chi connectivity index (χ0v) is 28.4. The highest BCUT2D eigenvalue weighted by Crippen LogP contribution is 2.44. The molecule has 0 saturated heterocycles. The lowest BCUT2D eigenvalue weighted by Gasteiger charge is -2.10. The first-order valence-electron chi connectivity index (χ1n) is 17.4. The molecule has 0 N–H and O–H groups in total. The van der Waals surface area contributed by atoms with Crippen LogP contribution in [0.1, 0.15) is 0 Å². The molecule has 0 spiro atoms. The van der Waals surface area contributed by atoms with E-state index in [-0.39, 0.29) is 0 Å². The second-order valence-corrected chi connectivity index (χ2v) is 14.4. The molecule has 0 fully saturated rings. The first kappa shape index (κ1) is 28.4. The van der Waals surface area contributed by atoms with E-state index < -0.39 is 0 Å². The molecule has 8 aromatic carbocycles. The smallest absolute Gasteiger partial charge is 0.0634 e. The summed E-state index contributed by atoms with van der Waals surface area (Å²) in [5.41, 5.74) is 12.2. The van der Waals surface area contributed by atoms with Gasteiger partial charge >= 0.3 is 0 Å². The summed E-state index contributed by atoms with van der Waals surface area (Å²) in [6.07, 6.45) is 0. The molecule has 11 aromatic rings. The van der Waals surface area contributed by atoms with E-state index in [0.717, 1.165) is 5.69 Å². The predicted molar refractivity (Wildman–Crippen MR) is 219 cm³/mol. The molecular formula is C48H30N2S. The molecule has 0 aliphatic heterocycles. The average molecular weight is 667 g/mol. The van der Waals surface area contributed by atoms with Crippen molar-refractivity contribution < 1.29 is 0 Å². The van der Waals surface area contributed by atoms with Gasteiger partial charge in [0, 0.05) is 53.1 Å². The van der Waals surface area contributed by atoms with Gasteiger partial charge in [-0.3, -0.25) is 0 Å². The fraction of sp³-hybridized carbons (Fsp3) is 0. The molecule has 51 heavy (non-hydrogen) atoms. The summed E-state index contributed by atoms with van der Waals surface area (Å²) in [6.45, 7) is 0. The average Bonchev–Trinajstić information content (AvgIpc) is 3.86. The molecule has 0 aliphatic carbocycles. The minimum atomic E-state index is 1.16. The fourth-order valence-electron chi connectivity index (χ4n) is 8.20. The number of fused-ring (bicyclic) bond motifs is 10. The van der Waals surface area contributed by atoms with Gasteiger partial charge in [-0.25, -0.2) is 0 Å². The lowest BCUT2D eigenvalue weighted by Crippen LogP contribution is -1.94. The molecule has 3 aromatic heterocycles. The summed E-state index contributed by atoms with van der Waals surface area (Å²) in [4.78, 5) is 0. The monoisotopic (exact) mass is 666 g/mol. The summed E-state index contributed by atoms with van der Waals surface area (Å²) >= 11 is 1.88. The Labute approximate surface area is 298 Å². The first-order valence-corrected chi connectivity index (χ1v) is 18.3. The molecule has 0 saturated carbocycles. The van der Waals surface area contributed by atoms with E-state index in [2.05, 4.69) is 191 Å². The molecule has 0 atom stereocenters. The van der Waals surface area contributed by atoms with Crippen LogP contribution in [0.2, 0.25) is 0 Å². The summed E-state index contributed by atoms with van der Waals surface area (Å²) in [5.74, 6) is 0. The lowest BCUT2D eigenvalue weighted by atomic mass is 10.00. The zero-order valence-electron chi connectivity index (χ0n) is 27.6. The van der Waals surface area contributed by atoms with Crippen molar-refractivity contribution in [3.63, 3.8) is 0 Å². The molecule has 0 bridgehead atoms. The normalized spacial score (nSPS) is 11.9. The molecule has 3 heteroatoms. The lowest BCUT2D eigenvalue weighted by molar-refractivity contribution is 1.18. The maximum Gasteiger partial charge on any atom is 0.0634 e. The quantitative estimate of drug-likeness (QED) is 0.177.